The Morgan fingerprint density at radius 2 is 0.742 bits per heavy atom. The Hall–Kier alpha value is -3.75. The first-order chi connectivity index (χ1) is 15.3. The van der Waals surface area contributed by atoms with Crippen LogP contribution < -0.4 is 0 Å². The van der Waals surface area contributed by atoms with Crippen molar-refractivity contribution in [2.75, 3.05) is 0 Å². The molecule has 0 atom stereocenters. The maximum absolute atomic E-state index is 6.33. The maximum Gasteiger partial charge on any atom is 0.0973 e. The van der Waals surface area contributed by atoms with Crippen molar-refractivity contribution in [3.63, 3.8) is 0 Å². The minimum absolute atomic E-state index is 0.673. The molecule has 0 fully saturated rings. The van der Waals surface area contributed by atoms with Gasteiger partial charge in [0.25, 0.3) is 0 Å². The zero-order valence-corrected chi connectivity index (χ0v) is 17.5. The molecule has 1 aromatic heterocycles. The Kier molecular flexibility index (Phi) is 5.30. The van der Waals surface area contributed by atoms with Crippen LogP contribution in [0.5, 0.6) is 0 Å². The predicted molar refractivity (Wildman–Crippen MR) is 129 cm³/mol. The monoisotopic (exact) mass is 418 g/mol. The normalized spacial score (nSPS) is 10.7. The van der Waals surface area contributed by atoms with E-state index in [0.717, 1.165) is 45.0 Å². The third-order valence-electron chi connectivity index (χ3n) is 5.14. The second kappa shape index (κ2) is 8.55. The molecule has 0 amide bonds. The number of hydrogen-bond donors (Lipinski definition) is 0. The summed E-state index contributed by atoms with van der Waals surface area (Å²) in [5.41, 5.74) is 7.37. The fourth-order valence-electron chi connectivity index (χ4n) is 3.66. The molecular formula is C28H19ClN2. The molecule has 4 aromatic carbocycles. The lowest BCUT2D eigenvalue weighted by Gasteiger charge is -2.16. The highest BCUT2D eigenvalue weighted by Crippen LogP contribution is 2.37. The molecule has 0 aliphatic heterocycles. The van der Waals surface area contributed by atoms with Crippen molar-refractivity contribution < 1.29 is 0 Å². The Bertz CT molecular complexity index is 1320. The van der Waals surface area contributed by atoms with E-state index in [9.17, 15) is 0 Å². The minimum Gasteiger partial charge on any atom is -0.243 e. The summed E-state index contributed by atoms with van der Waals surface area (Å²) in [6, 6.07) is 38.4. The zero-order chi connectivity index (χ0) is 21.0. The molecule has 148 valence electrons. The Morgan fingerprint density at radius 3 is 1.13 bits per heavy atom. The first kappa shape index (κ1) is 19.2. The smallest absolute Gasteiger partial charge is 0.0973 e. The lowest BCUT2D eigenvalue weighted by molar-refractivity contribution is 1.21. The van der Waals surface area contributed by atoms with E-state index in [-0.39, 0.29) is 0 Å². The van der Waals surface area contributed by atoms with Crippen molar-refractivity contribution in [3.05, 3.63) is 120 Å². The van der Waals surface area contributed by atoms with Crippen molar-refractivity contribution in [1.82, 2.24) is 9.97 Å². The van der Waals surface area contributed by atoms with Crippen LogP contribution in [0.1, 0.15) is 0 Å². The summed E-state index contributed by atoms with van der Waals surface area (Å²) < 4.78 is 0. The van der Waals surface area contributed by atoms with Crippen LogP contribution in [0.4, 0.5) is 0 Å². The second-order valence-corrected chi connectivity index (χ2v) is 7.66. The molecule has 0 saturated heterocycles. The summed E-state index contributed by atoms with van der Waals surface area (Å²) in [6.45, 7) is 0. The Morgan fingerprint density at radius 1 is 0.387 bits per heavy atom. The molecule has 0 bridgehead atoms. The van der Waals surface area contributed by atoms with Crippen LogP contribution in [0.2, 0.25) is 5.02 Å². The van der Waals surface area contributed by atoms with Gasteiger partial charge in [0.1, 0.15) is 0 Å². The number of rotatable bonds is 4. The van der Waals surface area contributed by atoms with Crippen LogP contribution in [0.25, 0.3) is 45.0 Å². The van der Waals surface area contributed by atoms with Crippen LogP contribution in [0, 0.1) is 0 Å². The van der Waals surface area contributed by atoms with Crippen LogP contribution >= 0.6 is 11.6 Å². The molecule has 31 heavy (non-hydrogen) atoms. The Labute approximate surface area is 186 Å². The molecule has 5 aromatic rings. The zero-order valence-electron chi connectivity index (χ0n) is 16.7. The van der Waals surface area contributed by atoms with Gasteiger partial charge in [0, 0.05) is 27.3 Å². The van der Waals surface area contributed by atoms with Gasteiger partial charge in [-0.25, -0.2) is 9.97 Å². The van der Waals surface area contributed by atoms with Gasteiger partial charge in [0.15, 0.2) is 0 Å². The quantitative estimate of drug-likeness (QED) is 0.297. The van der Waals surface area contributed by atoms with E-state index in [0.29, 0.717) is 5.02 Å². The highest BCUT2D eigenvalue weighted by Gasteiger charge is 2.19. The molecule has 1 heterocycles. The number of halogens is 1. The first-order valence-corrected chi connectivity index (χ1v) is 10.5. The minimum atomic E-state index is 0.673. The van der Waals surface area contributed by atoms with Gasteiger partial charge >= 0.3 is 0 Å². The molecule has 0 saturated carbocycles. The van der Waals surface area contributed by atoms with E-state index in [1.165, 1.54) is 0 Å². The van der Waals surface area contributed by atoms with Gasteiger partial charge in [-0.3, -0.25) is 0 Å². The van der Waals surface area contributed by atoms with E-state index >= 15 is 0 Å². The van der Waals surface area contributed by atoms with Gasteiger partial charge in [-0.1, -0.05) is 115 Å². The third-order valence-corrected chi connectivity index (χ3v) is 5.37. The predicted octanol–water partition coefficient (Wildman–Crippen LogP) is 7.80. The van der Waals surface area contributed by atoms with Crippen molar-refractivity contribution in [2.24, 2.45) is 0 Å². The van der Waals surface area contributed by atoms with Gasteiger partial charge in [0.05, 0.1) is 22.8 Å². The van der Waals surface area contributed by atoms with Gasteiger partial charge in [-0.05, 0) is 12.1 Å². The lowest BCUT2D eigenvalue weighted by Crippen LogP contribution is -2.00. The largest absolute Gasteiger partial charge is 0.243 e. The lowest BCUT2D eigenvalue weighted by atomic mass is 9.99. The van der Waals surface area contributed by atoms with E-state index in [2.05, 4.69) is 36.4 Å². The molecule has 0 unspecified atom stereocenters. The molecule has 0 radical (unpaired) electrons. The molecule has 0 spiro atoms. The molecule has 2 nitrogen and oxygen atoms in total. The summed E-state index contributed by atoms with van der Waals surface area (Å²) in [4.78, 5) is 10.4. The highest BCUT2D eigenvalue weighted by atomic mass is 35.5. The van der Waals surface area contributed by atoms with Crippen molar-refractivity contribution in [2.45, 2.75) is 0 Å². The van der Waals surface area contributed by atoms with Crippen molar-refractivity contribution in [1.29, 1.82) is 0 Å². The molecular weight excluding hydrogens is 400 g/mol. The second-order valence-electron chi connectivity index (χ2n) is 7.23. The highest BCUT2D eigenvalue weighted by molar-refractivity contribution is 6.30. The van der Waals surface area contributed by atoms with Crippen LogP contribution in [-0.4, -0.2) is 9.97 Å². The van der Waals surface area contributed by atoms with Gasteiger partial charge in [-0.2, -0.15) is 0 Å². The first-order valence-electron chi connectivity index (χ1n) is 10.1. The number of hydrogen-bond acceptors (Lipinski definition) is 2. The molecule has 0 aliphatic rings. The van der Waals surface area contributed by atoms with E-state index in [1.54, 1.807) is 0 Å². The SMILES string of the molecule is Clc1cccc(-c2nc(-c3ccccc3)c(-c3ccccc3)nc2-c2ccccc2)c1. The van der Waals surface area contributed by atoms with Gasteiger partial charge in [-0.15, -0.1) is 0 Å². The standard InChI is InChI=1S/C28H19ClN2/c29-24-18-10-17-23(19-24)28-27(22-15-8-3-9-16-22)30-25(20-11-4-1-5-12-20)26(31-28)21-13-6-2-7-14-21/h1-19H. The number of aromatic nitrogens is 2. The molecule has 0 N–H and O–H groups in total. The maximum atomic E-state index is 6.33. The summed E-state index contributed by atoms with van der Waals surface area (Å²) in [5.74, 6) is 0. The van der Waals surface area contributed by atoms with Gasteiger partial charge in [0.2, 0.25) is 0 Å². The van der Waals surface area contributed by atoms with E-state index in [1.807, 2.05) is 78.9 Å². The fraction of sp³-hybridized carbons (Fsp3) is 0. The van der Waals surface area contributed by atoms with E-state index in [4.69, 9.17) is 21.6 Å². The average molecular weight is 419 g/mol. The van der Waals surface area contributed by atoms with E-state index < -0.39 is 0 Å². The van der Waals surface area contributed by atoms with Crippen LogP contribution in [0.3, 0.4) is 0 Å². The van der Waals surface area contributed by atoms with Crippen molar-refractivity contribution >= 4 is 11.6 Å². The van der Waals surface area contributed by atoms with Gasteiger partial charge < -0.3 is 0 Å². The third kappa shape index (κ3) is 3.98. The number of benzene rings is 4. The summed E-state index contributed by atoms with van der Waals surface area (Å²) in [7, 11) is 0. The number of nitrogens with zero attached hydrogens (tertiary/aromatic N) is 2. The molecule has 3 heteroatoms. The van der Waals surface area contributed by atoms with Crippen LogP contribution in [-0.2, 0) is 0 Å². The van der Waals surface area contributed by atoms with Crippen LogP contribution in [0.15, 0.2) is 115 Å². The summed E-state index contributed by atoms with van der Waals surface area (Å²) in [5, 5.41) is 0.673. The topological polar surface area (TPSA) is 25.8 Å². The average Bonchev–Trinajstić information content (AvgIpc) is 2.85. The Balaban J connectivity index is 1.85. The molecule has 0 aliphatic carbocycles. The molecule has 5 rings (SSSR count). The summed E-state index contributed by atoms with van der Waals surface area (Å²) >= 11 is 6.33. The van der Waals surface area contributed by atoms with Crippen molar-refractivity contribution in [3.8, 4) is 45.0 Å². The summed E-state index contributed by atoms with van der Waals surface area (Å²) in [6.07, 6.45) is 0. The fourth-order valence-corrected chi connectivity index (χ4v) is 3.85.